The molecule has 27 heavy (non-hydrogen) atoms. The maximum atomic E-state index is 5.90. The number of aryl methyl sites for hydroxylation is 1. The van der Waals surface area contributed by atoms with Crippen molar-refractivity contribution in [1.82, 2.24) is 19.7 Å². The highest BCUT2D eigenvalue weighted by Crippen LogP contribution is 2.27. The van der Waals surface area contributed by atoms with E-state index in [1.54, 1.807) is 23.1 Å². The molecule has 7 heteroatoms. The van der Waals surface area contributed by atoms with E-state index in [1.165, 1.54) is 0 Å². The van der Waals surface area contributed by atoms with Gasteiger partial charge in [-0.15, -0.1) is 0 Å². The smallest absolute Gasteiger partial charge is 0.138 e. The first-order valence-electron chi connectivity index (χ1n) is 8.55. The molecule has 0 saturated heterocycles. The van der Waals surface area contributed by atoms with Gasteiger partial charge in [0, 0.05) is 31.2 Å². The Kier molecular flexibility index (Phi) is 4.89. The number of rotatable bonds is 6. The van der Waals surface area contributed by atoms with Crippen molar-refractivity contribution >= 4 is 33.9 Å². The SMILES string of the molecule is Cn1cc(CCOc2ccc3c(Nc4ccc(Cl)nc4)nccc3c2)cn1. The van der Waals surface area contributed by atoms with E-state index in [4.69, 9.17) is 16.3 Å². The van der Waals surface area contributed by atoms with E-state index < -0.39 is 0 Å². The zero-order chi connectivity index (χ0) is 18.6. The van der Waals surface area contributed by atoms with E-state index in [-0.39, 0.29) is 0 Å². The summed E-state index contributed by atoms with van der Waals surface area (Å²) < 4.78 is 7.69. The summed E-state index contributed by atoms with van der Waals surface area (Å²) in [5.41, 5.74) is 1.99. The van der Waals surface area contributed by atoms with Crippen molar-refractivity contribution in [1.29, 1.82) is 0 Å². The third-order valence-electron chi connectivity index (χ3n) is 4.14. The van der Waals surface area contributed by atoms with Gasteiger partial charge in [0.2, 0.25) is 0 Å². The maximum Gasteiger partial charge on any atom is 0.138 e. The Labute approximate surface area is 161 Å². The first-order valence-corrected chi connectivity index (χ1v) is 8.93. The molecule has 0 aliphatic heterocycles. The molecule has 0 unspecified atom stereocenters. The van der Waals surface area contributed by atoms with Crippen molar-refractivity contribution in [3.63, 3.8) is 0 Å². The standard InChI is InChI=1S/C20H18ClN5O/c1-26-13-14(11-24-26)7-9-27-17-3-4-18-15(10-17)6-8-22-20(18)25-16-2-5-19(21)23-12-16/h2-6,8,10-13H,7,9H2,1H3,(H,22,25). The quantitative estimate of drug-likeness (QED) is 0.503. The zero-order valence-corrected chi connectivity index (χ0v) is 15.5. The van der Waals surface area contributed by atoms with Gasteiger partial charge in [-0.1, -0.05) is 11.6 Å². The van der Waals surface area contributed by atoms with Crippen LogP contribution in [0, 0.1) is 0 Å². The van der Waals surface area contributed by atoms with E-state index in [9.17, 15) is 0 Å². The van der Waals surface area contributed by atoms with Gasteiger partial charge >= 0.3 is 0 Å². The molecule has 0 saturated carbocycles. The number of nitrogens with one attached hydrogen (secondary N) is 1. The van der Waals surface area contributed by atoms with Gasteiger partial charge in [-0.2, -0.15) is 5.10 Å². The Hall–Kier alpha value is -3.12. The van der Waals surface area contributed by atoms with Crippen molar-refractivity contribution in [2.45, 2.75) is 6.42 Å². The lowest BCUT2D eigenvalue weighted by molar-refractivity contribution is 0.322. The fourth-order valence-corrected chi connectivity index (χ4v) is 2.93. The fourth-order valence-electron chi connectivity index (χ4n) is 2.82. The highest BCUT2D eigenvalue weighted by molar-refractivity contribution is 6.29. The van der Waals surface area contributed by atoms with Gasteiger partial charge in [0.15, 0.2) is 0 Å². The van der Waals surface area contributed by atoms with Crippen LogP contribution in [0.25, 0.3) is 10.8 Å². The summed E-state index contributed by atoms with van der Waals surface area (Å²) in [5, 5.41) is 9.96. The summed E-state index contributed by atoms with van der Waals surface area (Å²) in [6.07, 6.45) is 8.13. The molecule has 4 rings (SSSR count). The summed E-state index contributed by atoms with van der Waals surface area (Å²) in [6, 6.07) is 11.6. The average Bonchev–Trinajstić information content (AvgIpc) is 3.09. The normalized spacial score (nSPS) is 10.9. The van der Waals surface area contributed by atoms with E-state index >= 15 is 0 Å². The van der Waals surface area contributed by atoms with Crippen LogP contribution in [0.15, 0.2) is 61.2 Å². The number of benzene rings is 1. The van der Waals surface area contributed by atoms with Gasteiger partial charge in [0.05, 0.1) is 24.7 Å². The highest BCUT2D eigenvalue weighted by Gasteiger charge is 2.06. The second kappa shape index (κ2) is 7.63. The number of nitrogens with zero attached hydrogens (tertiary/aromatic N) is 4. The number of ether oxygens (including phenoxy) is 1. The number of pyridine rings is 2. The lowest BCUT2D eigenvalue weighted by Crippen LogP contribution is -2.01. The Bertz CT molecular complexity index is 1060. The summed E-state index contributed by atoms with van der Waals surface area (Å²) in [4.78, 5) is 8.52. The van der Waals surface area contributed by atoms with E-state index in [0.717, 1.165) is 40.0 Å². The maximum absolute atomic E-state index is 5.90. The molecule has 0 aliphatic rings. The van der Waals surface area contributed by atoms with Gasteiger partial charge in [0.25, 0.3) is 0 Å². The Morgan fingerprint density at radius 3 is 2.81 bits per heavy atom. The van der Waals surface area contributed by atoms with Crippen LogP contribution in [-0.4, -0.2) is 26.4 Å². The van der Waals surface area contributed by atoms with Crippen LogP contribution >= 0.6 is 11.6 Å². The lowest BCUT2D eigenvalue weighted by atomic mass is 10.1. The van der Waals surface area contributed by atoms with Gasteiger partial charge in [-0.3, -0.25) is 4.68 Å². The molecule has 136 valence electrons. The first kappa shape index (κ1) is 17.3. The van der Waals surface area contributed by atoms with Crippen LogP contribution < -0.4 is 10.1 Å². The summed E-state index contributed by atoms with van der Waals surface area (Å²) >= 11 is 5.84. The zero-order valence-electron chi connectivity index (χ0n) is 14.8. The molecule has 3 aromatic heterocycles. The minimum Gasteiger partial charge on any atom is -0.493 e. The molecule has 0 atom stereocenters. The first-order chi connectivity index (χ1) is 13.2. The molecule has 3 heterocycles. The van der Waals surface area contributed by atoms with E-state index in [1.807, 2.05) is 49.8 Å². The molecule has 0 spiro atoms. The summed E-state index contributed by atoms with van der Waals surface area (Å²) in [7, 11) is 1.91. The summed E-state index contributed by atoms with van der Waals surface area (Å²) in [5.74, 6) is 1.59. The number of aromatic nitrogens is 4. The Morgan fingerprint density at radius 2 is 2.04 bits per heavy atom. The minimum atomic E-state index is 0.458. The topological polar surface area (TPSA) is 64.9 Å². The molecule has 1 aromatic carbocycles. The third-order valence-corrected chi connectivity index (χ3v) is 4.37. The van der Waals surface area contributed by atoms with Crippen molar-refractivity contribution in [3.05, 3.63) is 71.9 Å². The number of hydrogen-bond donors (Lipinski definition) is 1. The predicted octanol–water partition coefficient (Wildman–Crippen LogP) is 4.38. The second-order valence-corrected chi connectivity index (χ2v) is 6.55. The molecule has 0 radical (unpaired) electrons. The average molecular weight is 380 g/mol. The number of halogens is 1. The van der Waals surface area contributed by atoms with Gasteiger partial charge in [0.1, 0.15) is 16.7 Å². The number of hydrogen-bond acceptors (Lipinski definition) is 5. The fraction of sp³-hybridized carbons (Fsp3) is 0.150. The van der Waals surface area contributed by atoms with Crippen molar-refractivity contribution in [2.24, 2.45) is 7.05 Å². The van der Waals surface area contributed by atoms with Gasteiger partial charge < -0.3 is 10.1 Å². The number of anilines is 2. The van der Waals surface area contributed by atoms with Crippen LogP contribution in [0.2, 0.25) is 5.15 Å². The third kappa shape index (κ3) is 4.17. The largest absolute Gasteiger partial charge is 0.493 e. The minimum absolute atomic E-state index is 0.458. The molecular weight excluding hydrogens is 362 g/mol. The van der Waals surface area contributed by atoms with Crippen LogP contribution in [0.4, 0.5) is 11.5 Å². The molecule has 0 amide bonds. The second-order valence-electron chi connectivity index (χ2n) is 6.16. The van der Waals surface area contributed by atoms with Crippen LogP contribution in [-0.2, 0) is 13.5 Å². The number of fused-ring (bicyclic) bond motifs is 1. The van der Waals surface area contributed by atoms with E-state index in [0.29, 0.717) is 11.8 Å². The highest BCUT2D eigenvalue weighted by atomic mass is 35.5. The molecule has 0 fully saturated rings. The molecular formula is C20H18ClN5O. The summed E-state index contributed by atoms with van der Waals surface area (Å²) in [6.45, 7) is 0.601. The lowest BCUT2D eigenvalue weighted by Gasteiger charge is -2.10. The van der Waals surface area contributed by atoms with E-state index in [2.05, 4.69) is 20.4 Å². The van der Waals surface area contributed by atoms with Crippen LogP contribution in [0.5, 0.6) is 5.75 Å². The molecule has 1 N–H and O–H groups in total. The molecule has 0 aliphatic carbocycles. The molecule has 0 bridgehead atoms. The van der Waals surface area contributed by atoms with Crippen molar-refractivity contribution in [2.75, 3.05) is 11.9 Å². The van der Waals surface area contributed by atoms with Gasteiger partial charge in [-0.25, -0.2) is 9.97 Å². The van der Waals surface area contributed by atoms with Crippen LogP contribution in [0.3, 0.4) is 0 Å². The Morgan fingerprint density at radius 1 is 1.11 bits per heavy atom. The molecule has 6 nitrogen and oxygen atoms in total. The molecule has 4 aromatic rings. The van der Waals surface area contributed by atoms with Gasteiger partial charge in [-0.05, 0) is 47.3 Å². The predicted molar refractivity (Wildman–Crippen MR) is 107 cm³/mol. The van der Waals surface area contributed by atoms with Crippen molar-refractivity contribution < 1.29 is 4.74 Å². The van der Waals surface area contributed by atoms with Crippen molar-refractivity contribution in [3.8, 4) is 5.75 Å². The monoisotopic (exact) mass is 379 g/mol. The van der Waals surface area contributed by atoms with Crippen LogP contribution in [0.1, 0.15) is 5.56 Å². The Balaban J connectivity index is 1.48.